The van der Waals surface area contributed by atoms with E-state index < -0.39 is 12.2 Å². The fraction of sp³-hybridized carbons (Fsp3) is 1.00. The molecule has 0 aliphatic rings. The van der Waals surface area contributed by atoms with Crippen LogP contribution in [0.4, 0.5) is 0 Å². The monoisotopic (exact) mass is 340 g/mol. The summed E-state index contributed by atoms with van der Waals surface area (Å²) < 4.78 is 0. The van der Waals surface area contributed by atoms with Crippen LogP contribution in [0, 0.1) is 10.8 Å². The summed E-state index contributed by atoms with van der Waals surface area (Å²) in [4.78, 5) is 0. The van der Waals surface area contributed by atoms with Gasteiger partial charge in [-0.2, -0.15) is 0 Å². The van der Waals surface area contributed by atoms with Crippen LogP contribution in [0.2, 0.25) is 0 Å². The second kappa shape index (κ2) is 8.56. The van der Waals surface area contributed by atoms with Crippen LogP contribution in [-0.4, -0.2) is 61.1 Å². The van der Waals surface area contributed by atoms with Crippen molar-refractivity contribution in [2.45, 2.75) is 67.6 Å². The Morgan fingerprint density at radius 2 is 0.733 bits per heavy atom. The van der Waals surface area contributed by atoms with Crippen molar-refractivity contribution in [2.75, 3.05) is 0 Å². The van der Waals surface area contributed by atoms with E-state index in [0.717, 1.165) is 0 Å². The summed E-state index contributed by atoms with van der Waals surface area (Å²) in [7, 11) is 0. The van der Waals surface area contributed by atoms with Gasteiger partial charge in [0.2, 0.25) is 0 Å². The van der Waals surface area contributed by atoms with E-state index in [1.54, 1.807) is 13.8 Å². The average Bonchev–Trinajstić information content (AvgIpc) is 1.83. The van der Waals surface area contributed by atoms with Crippen molar-refractivity contribution in [2.24, 2.45) is 10.8 Å². The maximum atomic E-state index is 10.5. The third kappa shape index (κ3) is 15.5. The van der Waals surface area contributed by atoms with E-state index in [-0.39, 0.29) is 59.7 Å². The zero-order valence-electron chi connectivity index (χ0n) is 11.7. The van der Waals surface area contributed by atoms with E-state index in [1.165, 1.54) is 0 Å². The first-order valence-corrected chi connectivity index (χ1v) is 5.20. The third-order valence-electron chi connectivity index (χ3n) is 2.44. The Kier molecular flexibility index (Phi) is 12.4. The third-order valence-corrected chi connectivity index (χ3v) is 2.44. The first-order valence-electron chi connectivity index (χ1n) is 5.20. The molecule has 0 N–H and O–H groups in total. The van der Waals surface area contributed by atoms with Gasteiger partial charge in [-0.3, -0.25) is 0 Å². The summed E-state index contributed by atoms with van der Waals surface area (Å²) >= 11 is 0. The summed E-state index contributed by atoms with van der Waals surface area (Å²) in [5.74, 6) is 0. The molecule has 0 aliphatic heterocycles. The molecular weight excluding hydrogens is 313 g/mol. The van der Waals surface area contributed by atoms with Gasteiger partial charge in [-0.05, 0) is 0 Å². The fourth-order valence-electron chi connectivity index (χ4n) is 0. The van der Waals surface area contributed by atoms with Crippen molar-refractivity contribution in [3.05, 3.63) is 0 Å². The molecule has 0 aliphatic carbocycles. The quantitative estimate of drug-likeness (QED) is 0.622. The Bertz CT molecular complexity index is 123. The summed E-state index contributed by atoms with van der Waals surface area (Å²) in [5, 5.41) is 21.1. The molecular formula is C12H26BaO2. The van der Waals surface area contributed by atoms with Gasteiger partial charge in [0.1, 0.15) is 0 Å². The molecule has 0 rings (SSSR count). The fourth-order valence-corrected chi connectivity index (χ4v) is 0. The Hall–Kier alpha value is 1.49. The van der Waals surface area contributed by atoms with Crippen molar-refractivity contribution in [1.29, 1.82) is 0 Å². The Balaban J connectivity index is -0.000000180. The van der Waals surface area contributed by atoms with Crippen LogP contribution >= 0.6 is 0 Å². The average molecular weight is 340 g/mol. The van der Waals surface area contributed by atoms with Crippen molar-refractivity contribution < 1.29 is 10.2 Å². The summed E-state index contributed by atoms with van der Waals surface area (Å²) in [6, 6.07) is 0. The van der Waals surface area contributed by atoms with Gasteiger partial charge < -0.3 is 10.2 Å². The Morgan fingerprint density at radius 3 is 0.733 bits per heavy atom. The van der Waals surface area contributed by atoms with Gasteiger partial charge in [0.15, 0.2) is 0 Å². The first-order chi connectivity index (χ1) is 5.89. The molecule has 2 unspecified atom stereocenters. The maximum absolute atomic E-state index is 10.5. The van der Waals surface area contributed by atoms with E-state index in [0.29, 0.717) is 0 Å². The van der Waals surface area contributed by atoms with Crippen LogP contribution in [0.5, 0.6) is 0 Å². The predicted octanol–water partition coefficient (Wildman–Crippen LogP) is 1.18. The van der Waals surface area contributed by atoms with E-state index in [9.17, 15) is 10.2 Å². The minimum Gasteiger partial charge on any atom is -0.852 e. The molecule has 0 aromatic heterocycles. The topological polar surface area (TPSA) is 46.1 Å². The first kappa shape index (κ1) is 21.7. The summed E-state index contributed by atoms with van der Waals surface area (Å²) in [6.07, 6.45) is -0.903. The predicted molar refractivity (Wildman–Crippen MR) is 63.6 cm³/mol. The van der Waals surface area contributed by atoms with Crippen molar-refractivity contribution >= 4 is 48.9 Å². The molecule has 88 valence electrons. The van der Waals surface area contributed by atoms with E-state index in [2.05, 4.69) is 0 Å². The minimum atomic E-state index is -0.451. The molecule has 15 heavy (non-hydrogen) atoms. The van der Waals surface area contributed by atoms with Gasteiger partial charge in [-0.1, -0.05) is 66.2 Å². The van der Waals surface area contributed by atoms with Crippen molar-refractivity contribution in [3.63, 3.8) is 0 Å². The molecule has 0 fully saturated rings. The molecule has 0 bridgehead atoms. The molecule has 2 nitrogen and oxygen atoms in total. The van der Waals surface area contributed by atoms with E-state index in [4.69, 9.17) is 0 Å². The molecule has 0 radical (unpaired) electrons. The molecule has 2 atom stereocenters. The van der Waals surface area contributed by atoms with Crippen LogP contribution in [0.1, 0.15) is 55.4 Å². The Morgan fingerprint density at radius 1 is 0.667 bits per heavy atom. The molecule has 0 amide bonds. The van der Waals surface area contributed by atoms with E-state index >= 15 is 0 Å². The number of hydrogen-bond donors (Lipinski definition) is 0. The number of hydrogen-bond acceptors (Lipinski definition) is 2. The van der Waals surface area contributed by atoms with Crippen LogP contribution < -0.4 is 10.2 Å². The van der Waals surface area contributed by atoms with Gasteiger partial charge in [0.25, 0.3) is 0 Å². The van der Waals surface area contributed by atoms with Gasteiger partial charge >= 0.3 is 48.9 Å². The zero-order valence-corrected chi connectivity index (χ0v) is 16.1. The van der Waals surface area contributed by atoms with Gasteiger partial charge in [0.05, 0.1) is 0 Å². The second-order valence-corrected chi connectivity index (χ2v) is 6.02. The van der Waals surface area contributed by atoms with Crippen molar-refractivity contribution in [1.82, 2.24) is 0 Å². The van der Waals surface area contributed by atoms with Crippen LogP contribution in [0.25, 0.3) is 0 Å². The van der Waals surface area contributed by atoms with Crippen molar-refractivity contribution in [3.8, 4) is 0 Å². The normalized spacial score (nSPS) is 15.6. The molecule has 0 saturated heterocycles. The molecule has 3 heteroatoms. The van der Waals surface area contributed by atoms with Gasteiger partial charge in [0, 0.05) is 0 Å². The van der Waals surface area contributed by atoms with Crippen LogP contribution in [-0.2, 0) is 0 Å². The molecule has 0 heterocycles. The van der Waals surface area contributed by atoms with Gasteiger partial charge in [-0.15, -0.1) is 12.2 Å². The standard InChI is InChI=1S/2C6H13O.Ba/c2*1-5(7)6(2,3)4;/h2*5H,1-4H3;/q2*-1;+2. The molecule has 0 saturated carbocycles. The van der Waals surface area contributed by atoms with Crippen LogP contribution in [0.15, 0.2) is 0 Å². The molecule has 0 aromatic rings. The minimum absolute atomic E-state index is 0. The maximum Gasteiger partial charge on any atom is 2.00 e. The van der Waals surface area contributed by atoms with E-state index in [1.807, 2.05) is 41.5 Å². The SMILES string of the molecule is CC([O-])C(C)(C)C.CC([O-])C(C)(C)C.[Ba+2]. The summed E-state index contributed by atoms with van der Waals surface area (Å²) in [5.41, 5.74) is -0.111. The molecule has 0 aromatic carbocycles. The largest absolute Gasteiger partial charge is 2.00 e. The van der Waals surface area contributed by atoms with Crippen LogP contribution in [0.3, 0.4) is 0 Å². The summed E-state index contributed by atoms with van der Waals surface area (Å²) in [6.45, 7) is 15.1. The number of rotatable bonds is 0. The van der Waals surface area contributed by atoms with Gasteiger partial charge in [-0.25, -0.2) is 0 Å². The second-order valence-electron chi connectivity index (χ2n) is 6.02. The Labute approximate surface area is 136 Å². The molecule has 0 spiro atoms. The zero-order chi connectivity index (χ0) is 12.2. The smallest absolute Gasteiger partial charge is 0.852 e.